The van der Waals surface area contributed by atoms with E-state index in [2.05, 4.69) is 44.4 Å². The highest BCUT2D eigenvalue weighted by Gasteiger charge is 2.13. The van der Waals surface area contributed by atoms with Crippen LogP contribution in [0.1, 0.15) is 46.4 Å². The Labute approximate surface area is 231 Å². The molecule has 0 aliphatic heterocycles. The molecule has 0 radical (unpaired) electrons. The molecular weight excluding hydrogens is 516 g/mol. The molecule has 2 heterocycles. The van der Waals surface area contributed by atoms with Crippen LogP contribution < -0.4 is 21.3 Å². The largest absolute Gasteiger partial charge is 0.396 e. The van der Waals surface area contributed by atoms with Gasteiger partial charge in [-0.15, -0.1) is 13.2 Å². The van der Waals surface area contributed by atoms with Crippen LogP contribution in [0.15, 0.2) is 73.8 Å². The van der Waals surface area contributed by atoms with E-state index in [4.69, 9.17) is 10.2 Å². The molecule has 0 fully saturated rings. The Morgan fingerprint density at radius 2 is 0.950 bits per heavy atom. The maximum atomic E-state index is 12.8. The number of nitrogens with zero attached hydrogens (tertiary/aromatic N) is 2. The highest BCUT2D eigenvalue weighted by molar-refractivity contribution is 6.08. The molecule has 4 amide bonds. The van der Waals surface area contributed by atoms with Crippen LogP contribution in [0.5, 0.6) is 0 Å². The van der Waals surface area contributed by atoms with E-state index in [0.29, 0.717) is 12.8 Å². The SMILES string of the molecule is C=C.O=C(CCCO)Nc1cccc(NC(=O)c2cccc(C(=O)Nc3cccc(NC(=O)CCCO)n3)c2)n1. The van der Waals surface area contributed by atoms with Crippen molar-refractivity contribution in [3.8, 4) is 0 Å². The number of hydrogen-bond acceptors (Lipinski definition) is 8. The van der Waals surface area contributed by atoms with Gasteiger partial charge in [-0.05, 0) is 55.3 Å². The second kappa shape index (κ2) is 16.8. The average Bonchev–Trinajstić information content (AvgIpc) is 2.96. The summed E-state index contributed by atoms with van der Waals surface area (Å²) in [4.78, 5) is 57.6. The maximum absolute atomic E-state index is 12.8. The van der Waals surface area contributed by atoms with Gasteiger partial charge in [0.2, 0.25) is 11.8 Å². The molecule has 3 rings (SSSR count). The third-order valence-corrected chi connectivity index (χ3v) is 5.03. The molecule has 0 atom stereocenters. The topological polar surface area (TPSA) is 183 Å². The summed E-state index contributed by atoms with van der Waals surface area (Å²) in [6.07, 6.45) is 0.941. The fourth-order valence-electron chi connectivity index (χ4n) is 3.22. The van der Waals surface area contributed by atoms with E-state index in [1.165, 1.54) is 18.2 Å². The monoisotopic (exact) mass is 548 g/mol. The summed E-state index contributed by atoms with van der Waals surface area (Å²) in [6, 6.07) is 15.5. The lowest BCUT2D eigenvalue weighted by Gasteiger charge is -2.10. The highest BCUT2D eigenvalue weighted by atomic mass is 16.3. The third kappa shape index (κ3) is 10.4. The van der Waals surface area contributed by atoms with Gasteiger partial charge >= 0.3 is 0 Å². The van der Waals surface area contributed by atoms with Crippen molar-refractivity contribution >= 4 is 46.9 Å². The molecule has 0 bridgehead atoms. The van der Waals surface area contributed by atoms with E-state index in [9.17, 15) is 19.2 Å². The normalized spacial score (nSPS) is 9.95. The average molecular weight is 549 g/mol. The Bertz CT molecular complexity index is 1220. The summed E-state index contributed by atoms with van der Waals surface area (Å²) >= 11 is 0. The van der Waals surface area contributed by atoms with Gasteiger partial charge in [0.15, 0.2) is 0 Å². The molecule has 0 saturated heterocycles. The zero-order chi connectivity index (χ0) is 29.3. The maximum Gasteiger partial charge on any atom is 0.256 e. The van der Waals surface area contributed by atoms with E-state index in [1.807, 2.05) is 0 Å². The summed E-state index contributed by atoms with van der Waals surface area (Å²) in [5.74, 6) is -0.742. The highest BCUT2D eigenvalue weighted by Crippen LogP contribution is 2.15. The van der Waals surface area contributed by atoms with E-state index in [0.717, 1.165) is 0 Å². The summed E-state index contributed by atoms with van der Waals surface area (Å²) < 4.78 is 0. The van der Waals surface area contributed by atoms with Crippen molar-refractivity contribution in [1.82, 2.24) is 9.97 Å². The van der Waals surface area contributed by atoms with Gasteiger partial charge < -0.3 is 31.5 Å². The predicted octanol–water partition coefficient (Wildman–Crippen LogP) is 3.21. The minimum Gasteiger partial charge on any atom is -0.396 e. The van der Waals surface area contributed by atoms with Crippen LogP contribution in [0, 0.1) is 0 Å². The lowest BCUT2D eigenvalue weighted by atomic mass is 10.1. The van der Waals surface area contributed by atoms with Gasteiger partial charge in [-0.1, -0.05) is 18.2 Å². The van der Waals surface area contributed by atoms with Crippen LogP contribution in [-0.2, 0) is 9.59 Å². The van der Waals surface area contributed by atoms with Crippen molar-refractivity contribution in [3.63, 3.8) is 0 Å². The molecule has 0 saturated carbocycles. The number of carbonyl (C=O) groups excluding carboxylic acids is 4. The van der Waals surface area contributed by atoms with E-state index >= 15 is 0 Å². The standard InChI is InChI=1S/C26H28N6O6.C2H4/c33-14-4-12-23(35)29-19-8-2-10-21(27-19)31-25(37)17-6-1-7-18(16-17)26(38)32-22-11-3-9-20(28-22)30-24(36)13-5-15-34;1-2/h1-3,6-11,16,33-34H,4-5,12-15H2,(H2,27,29,31,35,37)(H2,28,30,32,36,38);1-2H2. The van der Waals surface area contributed by atoms with E-state index in [1.54, 1.807) is 42.5 Å². The molecule has 40 heavy (non-hydrogen) atoms. The van der Waals surface area contributed by atoms with Crippen molar-refractivity contribution < 1.29 is 29.4 Å². The molecule has 3 aromatic rings. The van der Waals surface area contributed by atoms with Gasteiger partial charge in [0.25, 0.3) is 11.8 Å². The lowest BCUT2D eigenvalue weighted by Crippen LogP contribution is -2.18. The van der Waals surface area contributed by atoms with Crippen molar-refractivity contribution in [1.29, 1.82) is 0 Å². The van der Waals surface area contributed by atoms with Gasteiger partial charge in [0.05, 0.1) is 0 Å². The van der Waals surface area contributed by atoms with Crippen molar-refractivity contribution in [2.45, 2.75) is 25.7 Å². The van der Waals surface area contributed by atoms with Crippen molar-refractivity contribution in [2.24, 2.45) is 0 Å². The Morgan fingerprint density at radius 1 is 0.600 bits per heavy atom. The molecule has 0 aliphatic rings. The van der Waals surface area contributed by atoms with Crippen LogP contribution in [0.2, 0.25) is 0 Å². The lowest BCUT2D eigenvalue weighted by molar-refractivity contribution is -0.117. The first-order chi connectivity index (χ1) is 19.4. The van der Waals surface area contributed by atoms with Crippen LogP contribution in [0.3, 0.4) is 0 Å². The molecule has 0 unspecified atom stereocenters. The number of aliphatic hydroxyl groups is 2. The first-order valence-corrected chi connectivity index (χ1v) is 12.4. The number of amides is 4. The van der Waals surface area contributed by atoms with E-state index in [-0.39, 0.29) is 72.3 Å². The molecule has 12 nitrogen and oxygen atoms in total. The molecule has 0 spiro atoms. The molecule has 2 aromatic heterocycles. The number of carbonyl (C=O) groups is 4. The number of aromatic nitrogens is 2. The first kappa shape index (κ1) is 31.3. The first-order valence-electron chi connectivity index (χ1n) is 12.4. The van der Waals surface area contributed by atoms with Gasteiger partial charge in [-0.2, -0.15) is 0 Å². The van der Waals surface area contributed by atoms with Crippen LogP contribution >= 0.6 is 0 Å². The fraction of sp³-hybridized carbons (Fsp3) is 0.214. The van der Waals surface area contributed by atoms with Crippen molar-refractivity contribution in [2.75, 3.05) is 34.5 Å². The van der Waals surface area contributed by atoms with Gasteiger partial charge in [0.1, 0.15) is 23.3 Å². The second-order valence-corrected chi connectivity index (χ2v) is 8.06. The fourth-order valence-corrected chi connectivity index (χ4v) is 3.22. The number of nitrogens with one attached hydrogen (secondary N) is 4. The Hall–Kier alpha value is -4.94. The van der Waals surface area contributed by atoms with Gasteiger partial charge in [-0.25, -0.2) is 9.97 Å². The predicted molar refractivity (Wildman–Crippen MR) is 152 cm³/mol. The zero-order valence-corrected chi connectivity index (χ0v) is 21.9. The quantitative estimate of drug-likeness (QED) is 0.186. The Morgan fingerprint density at radius 3 is 1.32 bits per heavy atom. The number of benzene rings is 1. The molecular formula is C28H32N6O6. The third-order valence-electron chi connectivity index (χ3n) is 5.03. The van der Waals surface area contributed by atoms with Gasteiger partial charge in [-0.3, -0.25) is 19.2 Å². The number of aliphatic hydroxyl groups excluding tert-OH is 2. The summed E-state index contributed by atoms with van der Waals surface area (Å²) in [5, 5.41) is 28.1. The Kier molecular flexibility index (Phi) is 13.1. The molecule has 12 heteroatoms. The molecule has 6 N–H and O–H groups in total. The summed E-state index contributed by atoms with van der Waals surface area (Å²) in [5.41, 5.74) is 0.407. The minimum atomic E-state index is -0.512. The molecule has 1 aromatic carbocycles. The summed E-state index contributed by atoms with van der Waals surface area (Å²) in [7, 11) is 0. The van der Waals surface area contributed by atoms with E-state index < -0.39 is 11.8 Å². The number of rotatable bonds is 12. The van der Waals surface area contributed by atoms with Crippen LogP contribution in [0.25, 0.3) is 0 Å². The number of pyridine rings is 2. The van der Waals surface area contributed by atoms with Crippen molar-refractivity contribution in [3.05, 3.63) is 84.9 Å². The zero-order valence-electron chi connectivity index (χ0n) is 21.9. The molecule has 0 aliphatic carbocycles. The number of hydrogen-bond donors (Lipinski definition) is 6. The summed E-state index contributed by atoms with van der Waals surface area (Å²) in [6.45, 7) is 5.81. The minimum absolute atomic E-state index is 0.0960. The smallest absolute Gasteiger partial charge is 0.256 e. The molecule has 210 valence electrons. The van der Waals surface area contributed by atoms with Crippen LogP contribution in [-0.4, -0.2) is 57.0 Å². The van der Waals surface area contributed by atoms with Crippen LogP contribution in [0.4, 0.5) is 23.3 Å². The number of anilines is 4. The second-order valence-electron chi connectivity index (χ2n) is 8.06. The Balaban J connectivity index is 0.00000274. The van der Waals surface area contributed by atoms with Gasteiger partial charge in [0, 0.05) is 37.2 Å².